The van der Waals surface area contributed by atoms with E-state index in [0.29, 0.717) is 14.8 Å². The first-order valence-corrected chi connectivity index (χ1v) is 7.05. The third-order valence-electron chi connectivity index (χ3n) is 3.05. The lowest BCUT2D eigenvalue weighted by Crippen LogP contribution is -2.28. The third-order valence-corrected chi connectivity index (χ3v) is 4.16. The first kappa shape index (κ1) is 15.7. The molecule has 1 N–H and O–H groups in total. The Kier molecular flexibility index (Phi) is 4.53. The van der Waals surface area contributed by atoms with Gasteiger partial charge in [-0.1, -0.05) is 0 Å². The average Bonchev–Trinajstić information content (AvgIpc) is 2.77. The number of phenols is 1. The second-order valence-electron chi connectivity index (χ2n) is 4.36. The van der Waals surface area contributed by atoms with Crippen molar-refractivity contribution in [1.82, 2.24) is 4.57 Å². The highest BCUT2D eigenvalue weighted by Crippen LogP contribution is 2.37. The zero-order chi connectivity index (χ0) is 16.3. The number of thiazole rings is 1. The van der Waals surface area contributed by atoms with E-state index in [1.807, 2.05) is 6.07 Å². The van der Waals surface area contributed by atoms with Crippen LogP contribution in [0.3, 0.4) is 0 Å². The minimum atomic E-state index is -0.197. The van der Waals surface area contributed by atoms with E-state index in [2.05, 4.69) is 0 Å². The van der Waals surface area contributed by atoms with E-state index in [4.69, 9.17) is 14.7 Å². The minimum Gasteiger partial charge on any atom is -0.502 e. The second kappa shape index (κ2) is 6.37. The third kappa shape index (κ3) is 2.82. The monoisotopic (exact) mass is 318 g/mol. The number of aromatic hydroxyl groups is 1. The van der Waals surface area contributed by atoms with Crippen molar-refractivity contribution >= 4 is 23.5 Å². The van der Waals surface area contributed by atoms with E-state index in [1.54, 1.807) is 25.3 Å². The number of hydrogen-bond acceptors (Lipinski definition) is 6. The zero-order valence-corrected chi connectivity index (χ0v) is 13.1. The molecule has 6 nitrogen and oxygen atoms in total. The molecular weight excluding hydrogens is 304 g/mol. The Morgan fingerprint density at radius 2 is 1.91 bits per heavy atom. The van der Waals surface area contributed by atoms with Gasteiger partial charge < -0.3 is 19.1 Å². The summed E-state index contributed by atoms with van der Waals surface area (Å²) in [7, 11) is 4.47. The average molecular weight is 318 g/mol. The number of nitriles is 1. The molecule has 0 aliphatic rings. The van der Waals surface area contributed by atoms with Crippen LogP contribution in [0.2, 0.25) is 0 Å². The van der Waals surface area contributed by atoms with Crippen LogP contribution in [0.5, 0.6) is 17.2 Å². The Morgan fingerprint density at radius 1 is 1.32 bits per heavy atom. The summed E-state index contributed by atoms with van der Waals surface area (Å²) in [4.78, 5) is 12.1. The van der Waals surface area contributed by atoms with E-state index in [0.717, 1.165) is 0 Å². The lowest BCUT2D eigenvalue weighted by molar-refractivity contribution is 0.340. The molecule has 0 radical (unpaired) electrons. The van der Waals surface area contributed by atoms with Crippen molar-refractivity contribution in [2.24, 2.45) is 7.05 Å². The quantitative estimate of drug-likeness (QED) is 0.880. The Balaban J connectivity index is 2.70. The zero-order valence-electron chi connectivity index (χ0n) is 12.3. The molecule has 0 aliphatic carbocycles. The maximum atomic E-state index is 12.1. The molecule has 22 heavy (non-hydrogen) atoms. The van der Waals surface area contributed by atoms with Crippen molar-refractivity contribution in [1.29, 1.82) is 5.26 Å². The van der Waals surface area contributed by atoms with Gasteiger partial charge >= 0.3 is 0 Å². The number of phenolic OH excluding ortho intramolecular Hbond substituents is 1. The van der Waals surface area contributed by atoms with Gasteiger partial charge in [-0.05, 0) is 23.8 Å². The van der Waals surface area contributed by atoms with Crippen molar-refractivity contribution in [3.63, 3.8) is 0 Å². The predicted octanol–water partition coefficient (Wildman–Crippen LogP) is 0.302. The molecule has 0 atom stereocenters. The molecule has 7 heteroatoms. The standard InChI is InChI=1S/C15H14N2O4S/c1-17-13(4-5-16)22-12(15(17)19)8-9-6-10(20-2)14(18)11(7-9)21-3/h4,6-8,18H,1-3H3/b12-8-,13-4-. The lowest BCUT2D eigenvalue weighted by atomic mass is 10.1. The van der Waals surface area contributed by atoms with Gasteiger partial charge in [0.05, 0.1) is 24.8 Å². The number of methoxy groups -OCH3 is 2. The van der Waals surface area contributed by atoms with Crippen LogP contribution in [0.1, 0.15) is 5.56 Å². The molecule has 2 rings (SSSR count). The Labute approximate surface area is 130 Å². The van der Waals surface area contributed by atoms with Gasteiger partial charge in [0, 0.05) is 13.1 Å². The van der Waals surface area contributed by atoms with E-state index in [1.165, 1.54) is 36.2 Å². The van der Waals surface area contributed by atoms with Gasteiger partial charge in [0.15, 0.2) is 11.5 Å². The van der Waals surface area contributed by atoms with Crippen molar-refractivity contribution in [3.05, 3.63) is 37.2 Å². The first-order chi connectivity index (χ1) is 10.5. The summed E-state index contributed by atoms with van der Waals surface area (Å²) in [6.45, 7) is 0. The van der Waals surface area contributed by atoms with Crippen LogP contribution in [-0.4, -0.2) is 23.9 Å². The fraction of sp³-hybridized carbons (Fsp3) is 0.200. The van der Waals surface area contributed by atoms with Gasteiger partial charge in [0.1, 0.15) is 4.66 Å². The summed E-state index contributed by atoms with van der Waals surface area (Å²) in [6.07, 6.45) is 2.98. The van der Waals surface area contributed by atoms with Crippen molar-refractivity contribution in [3.8, 4) is 23.3 Å². The fourth-order valence-electron chi connectivity index (χ4n) is 1.91. The summed E-state index contributed by atoms with van der Waals surface area (Å²) in [5.74, 6) is 0.408. The molecule has 1 aromatic heterocycles. The minimum absolute atomic E-state index is 0.0975. The van der Waals surface area contributed by atoms with E-state index >= 15 is 0 Å². The number of rotatable bonds is 3. The van der Waals surface area contributed by atoms with Gasteiger partial charge in [0.2, 0.25) is 5.75 Å². The molecule has 0 spiro atoms. The fourth-order valence-corrected chi connectivity index (χ4v) is 2.89. The molecule has 0 bridgehead atoms. The van der Waals surface area contributed by atoms with E-state index in [9.17, 15) is 9.90 Å². The summed E-state index contributed by atoms with van der Waals surface area (Å²) in [5, 5.41) is 18.6. The number of aromatic nitrogens is 1. The van der Waals surface area contributed by atoms with Crippen molar-refractivity contribution in [2.75, 3.05) is 14.2 Å². The Hall–Kier alpha value is -2.72. The molecule has 1 aromatic carbocycles. The molecule has 0 fully saturated rings. The van der Waals surface area contributed by atoms with Crippen LogP contribution in [-0.2, 0) is 7.05 Å². The molecule has 0 amide bonds. The maximum absolute atomic E-state index is 12.1. The number of benzene rings is 1. The van der Waals surface area contributed by atoms with Gasteiger partial charge in [0.25, 0.3) is 5.56 Å². The Morgan fingerprint density at radius 3 is 2.41 bits per heavy atom. The van der Waals surface area contributed by atoms with Crippen molar-refractivity contribution in [2.45, 2.75) is 0 Å². The smallest absolute Gasteiger partial charge is 0.268 e. The lowest BCUT2D eigenvalue weighted by Gasteiger charge is -2.09. The topological polar surface area (TPSA) is 84.5 Å². The second-order valence-corrected chi connectivity index (χ2v) is 5.42. The molecule has 0 saturated heterocycles. The van der Waals surface area contributed by atoms with Crippen LogP contribution in [0.25, 0.3) is 12.2 Å². The molecule has 0 aliphatic heterocycles. The molecule has 1 heterocycles. The summed E-state index contributed by atoms with van der Waals surface area (Å²) >= 11 is 1.21. The highest BCUT2D eigenvalue weighted by atomic mass is 32.1. The van der Waals surface area contributed by atoms with Gasteiger partial charge in [-0.2, -0.15) is 5.26 Å². The first-order valence-electron chi connectivity index (χ1n) is 6.24. The van der Waals surface area contributed by atoms with Crippen LogP contribution >= 0.6 is 11.3 Å². The molecule has 114 valence electrons. The maximum Gasteiger partial charge on any atom is 0.268 e. The SMILES string of the molecule is COc1cc(/C=c2\s/c(=C\C#N)n(C)c2=O)cc(OC)c1O. The van der Waals surface area contributed by atoms with E-state index < -0.39 is 0 Å². The number of ether oxygens (including phenoxy) is 2. The normalized spacial score (nSPS) is 12.3. The van der Waals surface area contributed by atoms with Crippen LogP contribution in [0, 0.1) is 11.3 Å². The molecular formula is C15H14N2O4S. The van der Waals surface area contributed by atoms with Crippen molar-refractivity contribution < 1.29 is 14.6 Å². The number of nitrogens with zero attached hydrogens (tertiary/aromatic N) is 2. The van der Waals surface area contributed by atoms with Crippen LogP contribution < -0.4 is 24.2 Å². The van der Waals surface area contributed by atoms with Gasteiger partial charge in [-0.25, -0.2) is 0 Å². The number of hydrogen-bond donors (Lipinski definition) is 1. The largest absolute Gasteiger partial charge is 0.502 e. The van der Waals surface area contributed by atoms with E-state index in [-0.39, 0.29) is 22.8 Å². The molecule has 2 aromatic rings. The summed E-state index contributed by atoms with van der Waals surface area (Å²) < 4.78 is 12.6. The Bertz CT molecular complexity index is 893. The summed E-state index contributed by atoms with van der Waals surface area (Å²) in [5.41, 5.74) is 0.450. The summed E-state index contributed by atoms with van der Waals surface area (Å²) in [6, 6.07) is 5.12. The molecule has 0 saturated carbocycles. The van der Waals surface area contributed by atoms with Crippen LogP contribution in [0.15, 0.2) is 16.9 Å². The molecule has 0 unspecified atom stereocenters. The van der Waals surface area contributed by atoms with Gasteiger partial charge in [-0.15, -0.1) is 11.3 Å². The van der Waals surface area contributed by atoms with Crippen LogP contribution in [0.4, 0.5) is 0 Å². The highest BCUT2D eigenvalue weighted by molar-refractivity contribution is 7.07. The predicted molar refractivity (Wildman–Crippen MR) is 83.7 cm³/mol. The highest BCUT2D eigenvalue weighted by Gasteiger charge is 2.10. The van der Waals surface area contributed by atoms with Gasteiger partial charge in [-0.3, -0.25) is 4.79 Å².